The number of ether oxygens (including phenoxy) is 1. The van der Waals surface area contributed by atoms with Crippen molar-refractivity contribution in [1.29, 1.82) is 0 Å². The number of benzene rings is 3. The summed E-state index contributed by atoms with van der Waals surface area (Å²) in [5, 5.41) is 4.22. The van der Waals surface area contributed by atoms with Crippen molar-refractivity contribution in [2.45, 2.75) is 102 Å². The number of aromatic nitrogens is 1. The molecule has 0 radical (unpaired) electrons. The standard InChI is InChI=1S/C34H42NOP/c1-34(2,3)36-32-24-14-23-31(35-29-21-12-10-19-27(29)28-20-11-13-22-30(28)35)33(32)37(25-15-6-4-7-16-25)26-17-8-5-9-18-26/h10-14,19-26H,4-9,15-18H2,1-3H3. The molecule has 0 N–H and O–H groups in total. The molecule has 0 aliphatic heterocycles. The van der Waals surface area contributed by atoms with Gasteiger partial charge in [-0.3, -0.25) is 0 Å². The second kappa shape index (κ2) is 10.5. The van der Waals surface area contributed by atoms with Crippen molar-refractivity contribution in [3.05, 3.63) is 66.7 Å². The quantitative estimate of drug-likeness (QED) is 0.243. The van der Waals surface area contributed by atoms with Crippen LogP contribution in [0.3, 0.4) is 0 Å². The molecule has 0 atom stereocenters. The lowest BCUT2D eigenvalue weighted by atomic mass is 9.99. The minimum absolute atomic E-state index is 0.228. The Bertz CT molecular complexity index is 1300. The van der Waals surface area contributed by atoms with E-state index in [-0.39, 0.29) is 13.5 Å². The highest BCUT2D eigenvalue weighted by Gasteiger charge is 2.37. The van der Waals surface area contributed by atoms with Crippen molar-refractivity contribution in [2.75, 3.05) is 0 Å². The third-order valence-corrected chi connectivity index (χ3v) is 12.0. The van der Waals surface area contributed by atoms with Crippen molar-refractivity contribution in [3.63, 3.8) is 0 Å². The first-order valence-corrected chi connectivity index (χ1v) is 16.1. The van der Waals surface area contributed by atoms with E-state index in [0.717, 1.165) is 17.1 Å². The summed E-state index contributed by atoms with van der Waals surface area (Å²) < 4.78 is 9.43. The predicted molar refractivity (Wildman–Crippen MR) is 161 cm³/mol. The normalized spacial score (nSPS) is 18.2. The molecule has 4 aromatic rings. The highest BCUT2D eigenvalue weighted by atomic mass is 31.1. The Morgan fingerprint density at radius 2 is 1.16 bits per heavy atom. The van der Waals surface area contributed by atoms with Gasteiger partial charge in [0.2, 0.25) is 0 Å². The van der Waals surface area contributed by atoms with Gasteiger partial charge in [0, 0.05) is 16.1 Å². The van der Waals surface area contributed by atoms with Gasteiger partial charge >= 0.3 is 0 Å². The third-order valence-electron chi connectivity index (χ3n) is 8.41. The summed E-state index contributed by atoms with van der Waals surface area (Å²) in [6.07, 6.45) is 13.9. The Labute approximate surface area is 224 Å². The van der Waals surface area contributed by atoms with Crippen LogP contribution in [0, 0.1) is 0 Å². The number of hydrogen-bond acceptors (Lipinski definition) is 1. The number of fused-ring (bicyclic) bond motifs is 3. The summed E-state index contributed by atoms with van der Waals surface area (Å²) in [6, 6.07) is 24.8. The summed E-state index contributed by atoms with van der Waals surface area (Å²) in [6.45, 7) is 6.61. The summed E-state index contributed by atoms with van der Waals surface area (Å²) >= 11 is 0. The van der Waals surface area contributed by atoms with Gasteiger partial charge < -0.3 is 9.30 Å². The van der Waals surface area contributed by atoms with E-state index >= 15 is 0 Å². The maximum Gasteiger partial charge on any atom is 0.129 e. The zero-order chi connectivity index (χ0) is 25.4. The molecule has 3 aromatic carbocycles. The van der Waals surface area contributed by atoms with E-state index in [1.807, 2.05) is 0 Å². The van der Waals surface area contributed by atoms with Gasteiger partial charge in [-0.1, -0.05) is 88.9 Å². The van der Waals surface area contributed by atoms with Crippen LogP contribution in [0.1, 0.15) is 85.0 Å². The van der Waals surface area contributed by atoms with Crippen LogP contribution in [-0.2, 0) is 0 Å². The van der Waals surface area contributed by atoms with Crippen LogP contribution >= 0.6 is 7.92 Å². The third kappa shape index (κ3) is 4.95. The van der Waals surface area contributed by atoms with Crippen molar-refractivity contribution in [1.82, 2.24) is 4.57 Å². The zero-order valence-corrected chi connectivity index (χ0v) is 23.8. The number of para-hydroxylation sites is 2. The van der Waals surface area contributed by atoms with Crippen LogP contribution in [0.2, 0.25) is 0 Å². The summed E-state index contributed by atoms with van der Waals surface area (Å²) in [7, 11) is -0.348. The molecule has 2 saturated carbocycles. The van der Waals surface area contributed by atoms with Gasteiger partial charge in [0.1, 0.15) is 11.4 Å². The smallest absolute Gasteiger partial charge is 0.129 e. The molecule has 3 heteroatoms. The molecular formula is C34H42NOP. The maximum absolute atomic E-state index is 6.86. The van der Waals surface area contributed by atoms with Crippen LogP contribution in [-0.4, -0.2) is 21.5 Å². The highest BCUT2D eigenvalue weighted by Crippen LogP contribution is 2.57. The first-order valence-electron chi connectivity index (χ1n) is 14.6. The molecule has 1 aromatic heterocycles. The average molecular weight is 512 g/mol. The average Bonchev–Trinajstić information content (AvgIpc) is 3.24. The van der Waals surface area contributed by atoms with Crippen molar-refractivity contribution in [2.24, 2.45) is 0 Å². The molecule has 0 spiro atoms. The minimum atomic E-state index is -0.348. The summed E-state index contributed by atoms with van der Waals surface area (Å²) in [4.78, 5) is 0. The van der Waals surface area contributed by atoms with E-state index in [1.165, 1.54) is 97.0 Å². The highest BCUT2D eigenvalue weighted by molar-refractivity contribution is 7.67. The van der Waals surface area contributed by atoms with Crippen LogP contribution in [0.25, 0.3) is 27.5 Å². The molecule has 2 fully saturated rings. The molecule has 6 rings (SSSR count). The Hall–Kier alpha value is -2.31. The molecule has 194 valence electrons. The van der Waals surface area contributed by atoms with E-state index in [4.69, 9.17) is 4.74 Å². The molecule has 0 bridgehead atoms. The van der Waals surface area contributed by atoms with Gasteiger partial charge in [0.25, 0.3) is 0 Å². The van der Waals surface area contributed by atoms with Gasteiger partial charge in [-0.2, -0.15) is 0 Å². The predicted octanol–water partition coefficient (Wildman–Crippen LogP) is 9.73. The Morgan fingerprint density at radius 1 is 0.649 bits per heavy atom. The summed E-state index contributed by atoms with van der Waals surface area (Å²) in [5.74, 6) is 1.13. The minimum Gasteiger partial charge on any atom is -0.487 e. The Balaban J connectivity index is 1.64. The Kier molecular flexibility index (Phi) is 7.06. The van der Waals surface area contributed by atoms with Crippen molar-refractivity contribution in [3.8, 4) is 11.4 Å². The number of nitrogens with zero attached hydrogens (tertiary/aromatic N) is 1. The fraction of sp³-hybridized carbons (Fsp3) is 0.471. The molecule has 0 amide bonds. The van der Waals surface area contributed by atoms with Crippen molar-refractivity contribution < 1.29 is 4.74 Å². The van der Waals surface area contributed by atoms with E-state index in [1.54, 1.807) is 0 Å². The van der Waals surface area contributed by atoms with E-state index in [2.05, 4.69) is 92.1 Å². The fourth-order valence-electron chi connectivity index (χ4n) is 6.93. The van der Waals surface area contributed by atoms with Gasteiger partial charge in [0.15, 0.2) is 0 Å². The van der Waals surface area contributed by atoms with Crippen LogP contribution < -0.4 is 10.0 Å². The topological polar surface area (TPSA) is 14.2 Å². The fourth-order valence-corrected chi connectivity index (χ4v) is 10.9. The van der Waals surface area contributed by atoms with E-state index in [9.17, 15) is 0 Å². The molecule has 37 heavy (non-hydrogen) atoms. The molecular weight excluding hydrogens is 469 g/mol. The largest absolute Gasteiger partial charge is 0.487 e. The molecule has 1 heterocycles. The first-order chi connectivity index (χ1) is 18.0. The number of rotatable bonds is 5. The van der Waals surface area contributed by atoms with Gasteiger partial charge in [-0.25, -0.2) is 0 Å². The summed E-state index contributed by atoms with van der Waals surface area (Å²) in [5.41, 5.74) is 5.36. The van der Waals surface area contributed by atoms with Crippen molar-refractivity contribution >= 4 is 35.0 Å². The van der Waals surface area contributed by atoms with Gasteiger partial charge in [0.05, 0.1) is 16.7 Å². The van der Waals surface area contributed by atoms with Crippen LogP contribution in [0.5, 0.6) is 5.75 Å². The molecule has 2 aliphatic carbocycles. The monoisotopic (exact) mass is 511 g/mol. The molecule has 0 unspecified atom stereocenters. The van der Waals surface area contributed by atoms with E-state index < -0.39 is 0 Å². The maximum atomic E-state index is 6.86. The van der Waals surface area contributed by atoms with Crippen LogP contribution in [0.4, 0.5) is 0 Å². The van der Waals surface area contributed by atoms with E-state index in [0.29, 0.717) is 0 Å². The lowest BCUT2D eigenvalue weighted by molar-refractivity contribution is 0.132. The lowest BCUT2D eigenvalue weighted by Gasteiger charge is -2.41. The Morgan fingerprint density at radius 3 is 1.68 bits per heavy atom. The molecule has 2 aliphatic rings. The second-order valence-corrected chi connectivity index (χ2v) is 14.9. The molecule has 2 nitrogen and oxygen atoms in total. The SMILES string of the molecule is CC(C)(C)Oc1cccc(-n2c3ccccc3c3ccccc32)c1P(C1CCCCC1)C1CCCCC1. The zero-order valence-electron chi connectivity index (χ0n) is 22.9. The van der Waals surface area contributed by atoms with Gasteiger partial charge in [-0.15, -0.1) is 0 Å². The lowest BCUT2D eigenvalue weighted by Crippen LogP contribution is -2.32. The molecule has 0 saturated heterocycles. The number of hydrogen-bond donors (Lipinski definition) is 0. The second-order valence-electron chi connectivity index (χ2n) is 12.2. The first kappa shape index (κ1) is 25.0. The van der Waals surface area contributed by atoms with Crippen LogP contribution in [0.15, 0.2) is 66.7 Å². The van der Waals surface area contributed by atoms with Gasteiger partial charge in [-0.05, 0) is 82.0 Å².